The van der Waals surface area contributed by atoms with Crippen molar-refractivity contribution in [1.82, 2.24) is 0 Å². The van der Waals surface area contributed by atoms with Crippen LogP contribution in [0, 0.1) is 0 Å². The molecule has 0 N–H and O–H groups in total. The second-order valence-electron chi connectivity index (χ2n) is 4.52. The van der Waals surface area contributed by atoms with E-state index in [1.165, 1.54) is 0 Å². The first-order chi connectivity index (χ1) is 10.3. The lowest BCUT2D eigenvalue weighted by Gasteiger charge is -2.13. The Hall–Kier alpha value is -2.17. The maximum absolute atomic E-state index is 12.1. The van der Waals surface area contributed by atoms with E-state index in [2.05, 4.69) is 0 Å². The van der Waals surface area contributed by atoms with Crippen LogP contribution in [0.4, 0.5) is 0 Å². The van der Waals surface area contributed by atoms with E-state index in [-0.39, 0.29) is 5.97 Å². The number of hydrogen-bond acceptors (Lipinski definition) is 4. The molecule has 110 valence electrons. The van der Waals surface area contributed by atoms with Gasteiger partial charge in [0.2, 0.25) is 0 Å². The fraction of sp³-hybridized carbons (Fsp3) is 0.235. The molecule has 0 spiro atoms. The number of methoxy groups -OCH3 is 2. The fourth-order valence-corrected chi connectivity index (χ4v) is 2.04. The molecule has 2 aromatic rings. The molecule has 21 heavy (non-hydrogen) atoms. The minimum Gasteiger partial charge on any atom is -0.423 e. The van der Waals surface area contributed by atoms with Crippen molar-refractivity contribution in [3.8, 4) is 5.75 Å². The minimum atomic E-state index is -0.387. The van der Waals surface area contributed by atoms with Gasteiger partial charge in [0.05, 0.1) is 18.8 Å². The number of hydrogen-bond donors (Lipinski definition) is 0. The maximum Gasteiger partial charge on any atom is 0.343 e. The lowest BCUT2D eigenvalue weighted by molar-refractivity contribution is 0.0727. The highest BCUT2D eigenvalue weighted by Gasteiger charge is 2.14. The summed E-state index contributed by atoms with van der Waals surface area (Å²) < 4.78 is 15.9. The molecular weight excluding hydrogens is 268 g/mol. The Morgan fingerprint density at radius 2 is 1.62 bits per heavy atom. The molecule has 0 aliphatic carbocycles. The van der Waals surface area contributed by atoms with Crippen LogP contribution >= 0.6 is 0 Å². The Bertz CT molecular complexity index is 593. The number of carbonyl (C=O) groups is 1. The van der Waals surface area contributed by atoms with Gasteiger partial charge < -0.3 is 14.2 Å². The summed E-state index contributed by atoms with van der Waals surface area (Å²) in [6.07, 6.45) is 0. The minimum absolute atomic E-state index is 0.358. The van der Waals surface area contributed by atoms with Crippen molar-refractivity contribution in [2.75, 3.05) is 14.2 Å². The highest BCUT2D eigenvalue weighted by molar-refractivity contribution is 5.91. The zero-order chi connectivity index (χ0) is 15.1. The quantitative estimate of drug-likeness (QED) is 0.604. The third-order valence-corrected chi connectivity index (χ3v) is 3.03. The van der Waals surface area contributed by atoms with Crippen molar-refractivity contribution < 1.29 is 19.0 Å². The molecule has 0 radical (unpaired) electrons. The van der Waals surface area contributed by atoms with Crippen LogP contribution in [0.2, 0.25) is 0 Å². The standard InChI is InChI=1S/C17H18O4/c1-19-11-14-9-6-10-16(15(14)12-20-2)21-17(18)13-7-4-3-5-8-13/h3-10H,11-12H2,1-2H3. The van der Waals surface area contributed by atoms with E-state index in [4.69, 9.17) is 14.2 Å². The molecule has 4 nitrogen and oxygen atoms in total. The van der Waals surface area contributed by atoms with Crippen LogP contribution in [0.1, 0.15) is 21.5 Å². The van der Waals surface area contributed by atoms with Crippen LogP contribution in [-0.4, -0.2) is 20.2 Å². The fourth-order valence-electron chi connectivity index (χ4n) is 2.04. The van der Waals surface area contributed by atoms with Crippen molar-refractivity contribution in [3.63, 3.8) is 0 Å². The molecule has 0 saturated heterocycles. The Kier molecular flexibility index (Phi) is 5.49. The van der Waals surface area contributed by atoms with Crippen LogP contribution in [0.3, 0.4) is 0 Å². The molecule has 0 aliphatic rings. The van der Waals surface area contributed by atoms with Gasteiger partial charge in [-0.15, -0.1) is 0 Å². The van der Waals surface area contributed by atoms with Gasteiger partial charge in [0.25, 0.3) is 0 Å². The molecule has 2 rings (SSSR count). The molecule has 0 unspecified atom stereocenters. The van der Waals surface area contributed by atoms with Crippen molar-refractivity contribution >= 4 is 5.97 Å². The smallest absolute Gasteiger partial charge is 0.343 e. The van der Waals surface area contributed by atoms with E-state index in [1.807, 2.05) is 18.2 Å². The van der Waals surface area contributed by atoms with Crippen molar-refractivity contribution in [2.45, 2.75) is 13.2 Å². The lowest BCUT2D eigenvalue weighted by atomic mass is 10.1. The van der Waals surface area contributed by atoms with Gasteiger partial charge in [0.15, 0.2) is 0 Å². The summed E-state index contributed by atoms with van der Waals surface area (Å²) in [5.74, 6) is 0.114. The molecule has 0 fully saturated rings. The summed E-state index contributed by atoms with van der Waals surface area (Å²) in [5, 5.41) is 0. The molecule has 0 saturated carbocycles. The summed E-state index contributed by atoms with van der Waals surface area (Å²) in [6, 6.07) is 14.4. The second-order valence-corrected chi connectivity index (χ2v) is 4.52. The molecule has 0 amide bonds. The van der Waals surface area contributed by atoms with Gasteiger partial charge in [-0.3, -0.25) is 0 Å². The van der Waals surface area contributed by atoms with Crippen LogP contribution in [0.25, 0.3) is 0 Å². The first kappa shape index (κ1) is 15.2. The van der Waals surface area contributed by atoms with E-state index in [0.29, 0.717) is 24.5 Å². The Morgan fingerprint density at radius 1 is 0.905 bits per heavy atom. The number of ether oxygens (including phenoxy) is 3. The number of rotatable bonds is 6. The van der Waals surface area contributed by atoms with Gasteiger partial charge in [-0.05, 0) is 23.8 Å². The van der Waals surface area contributed by atoms with Gasteiger partial charge in [-0.25, -0.2) is 4.79 Å². The van der Waals surface area contributed by atoms with Crippen molar-refractivity contribution in [2.24, 2.45) is 0 Å². The number of carbonyl (C=O) groups excluding carboxylic acids is 1. The van der Waals surface area contributed by atoms with Crippen LogP contribution < -0.4 is 4.74 Å². The molecule has 0 aromatic heterocycles. The van der Waals surface area contributed by atoms with Crippen LogP contribution in [0.15, 0.2) is 48.5 Å². The molecule has 0 bridgehead atoms. The normalized spacial score (nSPS) is 10.4. The van der Waals surface area contributed by atoms with Gasteiger partial charge in [0, 0.05) is 19.8 Å². The zero-order valence-corrected chi connectivity index (χ0v) is 12.2. The Balaban J connectivity index is 2.26. The summed E-state index contributed by atoms with van der Waals surface area (Å²) in [4.78, 5) is 12.1. The summed E-state index contributed by atoms with van der Waals surface area (Å²) in [6.45, 7) is 0.798. The third-order valence-electron chi connectivity index (χ3n) is 3.03. The average Bonchev–Trinajstić information content (AvgIpc) is 2.51. The first-order valence-electron chi connectivity index (χ1n) is 6.62. The van der Waals surface area contributed by atoms with E-state index in [0.717, 1.165) is 11.1 Å². The number of benzene rings is 2. The largest absolute Gasteiger partial charge is 0.423 e. The summed E-state index contributed by atoms with van der Waals surface area (Å²) >= 11 is 0. The predicted molar refractivity (Wildman–Crippen MR) is 79.3 cm³/mol. The molecular formula is C17H18O4. The molecule has 4 heteroatoms. The predicted octanol–water partition coefficient (Wildman–Crippen LogP) is 3.20. The van der Waals surface area contributed by atoms with Crippen LogP contribution in [-0.2, 0) is 22.7 Å². The van der Waals surface area contributed by atoms with E-state index >= 15 is 0 Å². The van der Waals surface area contributed by atoms with Gasteiger partial charge in [0.1, 0.15) is 5.75 Å². The average molecular weight is 286 g/mol. The monoisotopic (exact) mass is 286 g/mol. The third kappa shape index (κ3) is 3.90. The van der Waals surface area contributed by atoms with E-state index in [9.17, 15) is 4.79 Å². The Morgan fingerprint density at radius 3 is 2.29 bits per heavy atom. The highest BCUT2D eigenvalue weighted by Crippen LogP contribution is 2.25. The van der Waals surface area contributed by atoms with Crippen molar-refractivity contribution in [1.29, 1.82) is 0 Å². The summed E-state index contributed by atoms with van der Waals surface area (Å²) in [5.41, 5.74) is 2.28. The SMILES string of the molecule is COCc1cccc(OC(=O)c2ccccc2)c1COC. The van der Waals surface area contributed by atoms with Crippen LogP contribution in [0.5, 0.6) is 5.75 Å². The molecule has 0 aliphatic heterocycles. The topological polar surface area (TPSA) is 44.8 Å². The molecule has 0 atom stereocenters. The molecule has 2 aromatic carbocycles. The van der Waals surface area contributed by atoms with E-state index < -0.39 is 0 Å². The zero-order valence-electron chi connectivity index (χ0n) is 12.2. The highest BCUT2D eigenvalue weighted by atomic mass is 16.5. The van der Waals surface area contributed by atoms with Crippen molar-refractivity contribution in [3.05, 3.63) is 65.2 Å². The van der Waals surface area contributed by atoms with Gasteiger partial charge in [-0.2, -0.15) is 0 Å². The summed E-state index contributed by atoms with van der Waals surface area (Å²) in [7, 11) is 3.23. The first-order valence-corrected chi connectivity index (χ1v) is 6.62. The van der Waals surface area contributed by atoms with Gasteiger partial charge >= 0.3 is 5.97 Å². The maximum atomic E-state index is 12.1. The molecule has 0 heterocycles. The Labute approximate surface area is 124 Å². The second kappa shape index (κ2) is 7.57. The van der Waals surface area contributed by atoms with E-state index in [1.54, 1.807) is 44.6 Å². The van der Waals surface area contributed by atoms with Gasteiger partial charge in [-0.1, -0.05) is 30.3 Å². The number of esters is 1. The lowest BCUT2D eigenvalue weighted by Crippen LogP contribution is -2.11.